The van der Waals surface area contributed by atoms with Crippen molar-refractivity contribution in [3.63, 3.8) is 0 Å². The maximum atomic E-state index is 11.1. The van der Waals surface area contributed by atoms with Crippen LogP contribution in [0.1, 0.15) is 25.3 Å². The number of hydrogen-bond donors (Lipinski definition) is 0. The fourth-order valence-electron chi connectivity index (χ4n) is 1.08. The first-order valence-corrected chi connectivity index (χ1v) is 4.09. The van der Waals surface area contributed by atoms with Crippen LogP contribution in [0, 0.1) is 0 Å². The van der Waals surface area contributed by atoms with Crippen LogP contribution in [0.2, 0.25) is 0 Å². The van der Waals surface area contributed by atoms with E-state index < -0.39 is 0 Å². The third-order valence-corrected chi connectivity index (χ3v) is 1.77. The van der Waals surface area contributed by atoms with E-state index in [2.05, 4.69) is 6.92 Å². The molecule has 1 aromatic carbocycles. The van der Waals surface area contributed by atoms with Crippen LogP contribution in [-0.2, 0) is 6.42 Å². The third kappa shape index (κ3) is 3.34. The van der Waals surface area contributed by atoms with Crippen molar-refractivity contribution in [3.8, 4) is 5.75 Å². The SMILES string of the molecule is CCCCc1ccccc1[O-].[Li+]. The Balaban J connectivity index is 0.00000121. The van der Waals surface area contributed by atoms with Gasteiger partial charge in [0.15, 0.2) is 0 Å². The molecule has 1 rings (SSSR count). The molecule has 1 nitrogen and oxygen atoms in total. The van der Waals surface area contributed by atoms with Crippen molar-refractivity contribution in [1.29, 1.82) is 0 Å². The maximum Gasteiger partial charge on any atom is 1.00 e. The Morgan fingerprint density at radius 3 is 2.50 bits per heavy atom. The predicted octanol–water partition coefficient (Wildman–Crippen LogP) is -0.893. The summed E-state index contributed by atoms with van der Waals surface area (Å²) in [6, 6.07) is 7.26. The van der Waals surface area contributed by atoms with E-state index in [1.54, 1.807) is 12.1 Å². The molecule has 12 heavy (non-hydrogen) atoms. The van der Waals surface area contributed by atoms with Gasteiger partial charge in [0.2, 0.25) is 0 Å². The molecule has 60 valence electrons. The van der Waals surface area contributed by atoms with Crippen LogP contribution in [0.5, 0.6) is 5.75 Å². The van der Waals surface area contributed by atoms with Crippen LogP contribution >= 0.6 is 0 Å². The number of para-hydroxylation sites is 1. The van der Waals surface area contributed by atoms with E-state index in [0.29, 0.717) is 0 Å². The molecular formula is C10H13LiO. The quantitative estimate of drug-likeness (QED) is 0.520. The molecule has 0 aliphatic rings. The van der Waals surface area contributed by atoms with Gasteiger partial charge in [-0.15, -0.1) is 5.75 Å². The summed E-state index contributed by atoms with van der Waals surface area (Å²) in [5, 5.41) is 11.1. The zero-order valence-corrected chi connectivity index (χ0v) is 7.84. The molecule has 0 aromatic heterocycles. The third-order valence-electron chi connectivity index (χ3n) is 1.77. The van der Waals surface area contributed by atoms with E-state index >= 15 is 0 Å². The van der Waals surface area contributed by atoms with E-state index in [9.17, 15) is 5.11 Å². The van der Waals surface area contributed by atoms with E-state index in [0.717, 1.165) is 24.8 Å². The van der Waals surface area contributed by atoms with Crippen LogP contribution in [-0.4, -0.2) is 0 Å². The van der Waals surface area contributed by atoms with Gasteiger partial charge in [0.25, 0.3) is 0 Å². The molecule has 0 unspecified atom stereocenters. The van der Waals surface area contributed by atoms with Gasteiger partial charge in [0, 0.05) is 0 Å². The Bertz CT molecular complexity index is 223. The van der Waals surface area contributed by atoms with Crippen molar-refractivity contribution in [2.45, 2.75) is 26.2 Å². The minimum atomic E-state index is 0. The molecule has 1 aromatic rings. The molecule has 0 saturated carbocycles. The minimum Gasteiger partial charge on any atom is -0.872 e. The number of hydrogen-bond acceptors (Lipinski definition) is 1. The molecule has 0 fully saturated rings. The van der Waals surface area contributed by atoms with E-state index in [4.69, 9.17) is 0 Å². The summed E-state index contributed by atoms with van der Waals surface area (Å²) < 4.78 is 0. The van der Waals surface area contributed by atoms with Crippen molar-refractivity contribution < 1.29 is 24.0 Å². The van der Waals surface area contributed by atoms with Gasteiger partial charge in [-0.05, 0) is 12.8 Å². The molecule has 0 bridgehead atoms. The van der Waals surface area contributed by atoms with Gasteiger partial charge in [0.1, 0.15) is 0 Å². The molecule has 0 amide bonds. The topological polar surface area (TPSA) is 23.1 Å². The summed E-state index contributed by atoms with van der Waals surface area (Å²) >= 11 is 0. The second-order valence-electron chi connectivity index (χ2n) is 2.71. The fourth-order valence-corrected chi connectivity index (χ4v) is 1.08. The van der Waals surface area contributed by atoms with Gasteiger partial charge in [0.05, 0.1) is 0 Å². The van der Waals surface area contributed by atoms with Gasteiger partial charge >= 0.3 is 18.9 Å². The van der Waals surface area contributed by atoms with E-state index in [1.807, 2.05) is 12.1 Å². The van der Waals surface area contributed by atoms with Crippen LogP contribution in [0.15, 0.2) is 24.3 Å². The molecule has 0 spiro atoms. The predicted molar refractivity (Wildman–Crippen MR) is 44.5 cm³/mol. The van der Waals surface area contributed by atoms with Crippen LogP contribution in [0.3, 0.4) is 0 Å². The Hall–Kier alpha value is -0.383. The number of benzene rings is 1. The maximum absolute atomic E-state index is 11.1. The molecule has 0 heterocycles. The Labute approximate surface area is 86.0 Å². The number of unbranched alkanes of at least 4 members (excludes halogenated alkanes) is 1. The summed E-state index contributed by atoms with van der Waals surface area (Å²) in [6.07, 6.45) is 3.18. The molecule has 0 atom stereocenters. The van der Waals surface area contributed by atoms with Crippen molar-refractivity contribution in [3.05, 3.63) is 29.8 Å². The summed E-state index contributed by atoms with van der Waals surface area (Å²) in [5.41, 5.74) is 0.953. The van der Waals surface area contributed by atoms with Crippen molar-refractivity contribution >= 4 is 0 Å². The molecule has 0 radical (unpaired) electrons. The molecule has 0 saturated heterocycles. The Morgan fingerprint density at radius 1 is 1.25 bits per heavy atom. The van der Waals surface area contributed by atoms with Crippen LogP contribution in [0.4, 0.5) is 0 Å². The van der Waals surface area contributed by atoms with Crippen molar-refractivity contribution in [1.82, 2.24) is 0 Å². The molecule has 0 N–H and O–H groups in total. The smallest absolute Gasteiger partial charge is 0.872 e. The summed E-state index contributed by atoms with van der Waals surface area (Å²) in [4.78, 5) is 0. The normalized spacial score (nSPS) is 9.08. The van der Waals surface area contributed by atoms with Gasteiger partial charge in [-0.2, -0.15) is 0 Å². The second-order valence-corrected chi connectivity index (χ2v) is 2.71. The average Bonchev–Trinajstić information content (AvgIpc) is 2.03. The Morgan fingerprint density at radius 2 is 1.92 bits per heavy atom. The standard InChI is InChI=1S/C10H14O.Li/c1-2-3-6-9-7-4-5-8-10(9)11;/h4-5,7-8,11H,2-3,6H2,1H3;/q;+1/p-1. The Kier molecular flexibility index (Phi) is 5.97. The van der Waals surface area contributed by atoms with E-state index in [1.165, 1.54) is 0 Å². The van der Waals surface area contributed by atoms with Crippen LogP contribution < -0.4 is 24.0 Å². The van der Waals surface area contributed by atoms with Crippen molar-refractivity contribution in [2.75, 3.05) is 0 Å². The molecular weight excluding hydrogens is 143 g/mol. The summed E-state index contributed by atoms with van der Waals surface area (Å²) in [6.45, 7) is 2.13. The average molecular weight is 156 g/mol. The van der Waals surface area contributed by atoms with Crippen LogP contribution in [0.25, 0.3) is 0 Å². The number of rotatable bonds is 3. The molecule has 2 heteroatoms. The monoisotopic (exact) mass is 156 g/mol. The fraction of sp³-hybridized carbons (Fsp3) is 0.400. The minimum absolute atomic E-state index is 0. The summed E-state index contributed by atoms with van der Waals surface area (Å²) in [7, 11) is 0. The number of aryl methyl sites for hydroxylation is 1. The molecule has 0 aliphatic heterocycles. The first-order valence-electron chi connectivity index (χ1n) is 4.09. The van der Waals surface area contributed by atoms with Gasteiger partial charge in [-0.1, -0.05) is 43.2 Å². The second kappa shape index (κ2) is 6.17. The summed E-state index contributed by atoms with van der Waals surface area (Å²) in [5.74, 6) is 0.181. The first-order chi connectivity index (χ1) is 5.34. The molecule has 0 aliphatic carbocycles. The van der Waals surface area contributed by atoms with Crippen molar-refractivity contribution in [2.24, 2.45) is 0 Å². The van der Waals surface area contributed by atoms with Gasteiger partial charge in [-0.25, -0.2) is 0 Å². The zero-order valence-electron chi connectivity index (χ0n) is 7.84. The largest absolute Gasteiger partial charge is 1.00 e. The van der Waals surface area contributed by atoms with E-state index in [-0.39, 0.29) is 24.6 Å². The zero-order chi connectivity index (χ0) is 8.10. The van der Waals surface area contributed by atoms with Gasteiger partial charge in [-0.3, -0.25) is 0 Å². The first kappa shape index (κ1) is 11.6. The van der Waals surface area contributed by atoms with Gasteiger partial charge < -0.3 is 5.11 Å².